The van der Waals surface area contributed by atoms with Gasteiger partial charge in [0.2, 0.25) is 0 Å². The molecule has 0 spiro atoms. The minimum absolute atomic E-state index is 0.00817. The second-order valence-corrected chi connectivity index (χ2v) is 10.1. The quantitative estimate of drug-likeness (QED) is 0.629. The van der Waals surface area contributed by atoms with Crippen molar-refractivity contribution in [1.29, 1.82) is 0 Å². The zero-order chi connectivity index (χ0) is 24.1. The lowest BCUT2D eigenvalue weighted by Crippen LogP contribution is -2.53. The molecule has 3 rings (SSSR count). The first-order valence-electron chi connectivity index (χ1n) is 9.78. The van der Waals surface area contributed by atoms with E-state index in [1.807, 2.05) is 0 Å². The number of halogens is 3. The number of para-hydroxylation sites is 1. The predicted molar refractivity (Wildman–Crippen MR) is 108 cm³/mol. The number of nitrogens with zero attached hydrogens (tertiary/aromatic N) is 2. The van der Waals surface area contributed by atoms with E-state index in [-0.39, 0.29) is 23.0 Å². The summed E-state index contributed by atoms with van der Waals surface area (Å²) in [5.41, 5.74) is -5.82. The Kier molecular flexibility index (Phi) is 6.07. The fourth-order valence-electron chi connectivity index (χ4n) is 3.65. The SMILES string of the molecule is CCOC(=O)[C@@H]1Cc2c(n(C(=O)OC(C)(C)C)c3ccccc23)CN1S(=O)(=O)C(F)(F)F. The van der Waals surface area contributed by atoms with Crippen molar-refractivity contribution in [3.8, 4) is 0 Å². The van der Waals surface area contributed by atoms with Crippen molar-refractivity contribution in [2.75, 3.05) is 6.61 Å². The topological polar surface area (TPSA) is 94.9 Å². The van der Waals surface area contributed by atoms with Crippen LogP contribution in [-0.4, -0.2) is 53.1 Å². The molecule has 0 saturated heterocycles. The van der Waals surface area contributed by atoms with E-state index in [1.165, 1.54) is 6.92 Å². The first-order valence-corrected chi connectivity index (χ1v) is 11.2. The first-order chi connectivity index (χ1) is 14.7. The highest BCUT2D eigenvalue weighted by atomic mass is 32.2. The molecule has 8 nitrogen and oxygen atoms in total. The molecule has 32 heavy (non-hydrogen) atoms. The molecule has 176 valence electrons. The van der Waals surface area contributed by atoms with Gasteiger partial charge in [0.15, 0.2) is 0 Å². The number of alkyl halides is 3. The van der Waals surface area contributed by atoms with Crippen molar-refractivity contribution in [2.45, 2.75) is 57.8 Å². The van der Waals surface area contributed by atoms with E-state index in [1.54, 1.807) is 45.0 Å². The Hall–Kier alpha value is -2.60. The standard InChI is InChI=1S/C20H23F3N2O6S/c1-5-30-17(26)15-10-13-12-8-6-7-9-14(12)25(18(27)31-19(2,3)4)16(13)11-24(15)32(28,29)20(21,22)23/h6-9,15H,5,10-11H2,1-4H3/t15-/m0/s1. The van der Waals surface area contributed by atoms with Gasteiger partial charge in [-0.1, -0.05) is 18.2 Å². The van der Waals surface area contributed by atoms with Crippen molar-refractivity contribution in [2.24, 2.45) is 0 Å². The summed E-state index contributed by atoms with van der Waals surface area (Å²) in [6.45, 7) is 5.35. The van der Waals surface area contributed by atoms with Gasteiger partial charge in [0, 0.05) is 17.5 Å². The number of rotatable bonds is 3. The molecular weight excluding hydrogens is 453 g/mol. The summed E-state index contributed by atoms with van der Waals surface area (Å²) in [7, 11) is -5.90. The van der Waals surface area contributed by atoms with Crippen LogP contribution in [0.25, 0.3) is 10.9 Å². The Morgan fingerprint density at radius 1 is 1.16 bits per heavy atom. The monoisotopic (exact) mass is 476 g/mol. The number of carbonyl (C=O) groups is 2. The van der Waals surface area contributed by atoms with Gasteiger partial charge in [-0.05, 0) is 39.3 Å². The lowest BCUT2D eigenvalue weighted by molar-refractivity contribution is -0.148. The molecule has 2 heterocycles. The Labute approximate surface area is 182 Å². The Morgan fingerprint density at radius 3 is 2.34 bits per heavy atom. The molecule has 0 unspecified atom stereocenters. The number of carbonyl (C=O) groups excluding carboxylic acids is 2. The maximum Gasteiger partial charge on any atom is 0.511 e. The van der Waals surface area contributed by atoms with E-state index >= 15 is 0 Å². The molecular formula is C20H23F3N2O6S. The van der Waals surface area contributed by atoms with Gasteiger partial charge < -0.3 is 9.47 Å². The summed E-state index contributed by atoms with van der Waals surface area (Å²) >= 11 is 0. The third-order valence-corrected chi connectivity index (χ3v) is 6.46. The van der Waals surface area contributed by atoms with Gasteiger partial charge in [-0.15, -0.1) is 0 Å². The number of aromatic nitrogens is 1. The van der Waals surface area contributed by atoms with Gasteiger partial charge in [0.25, 0.3) is 0 Å². The van der Waals surface area contributed by atoms with Gasteiger partial charge in [0.05, 0.1) is 18.7 Å². The summed E-state index contributed by atoms with van der Waals surface area (Å²) in [4.78, 5) is 25.4. The minimum Gasteiger partial charge on any atom is -0.465 e. The first kappa shape index (κ1) is 24.1. The van der Waals surface area contributed by atoms with Crippen LogP contribution in [0.5, 0.6) is 0 Å². The van der Waals surface area contributed by atoms with E-state index < -0.39 is 45.8 Å². The summed E-state index contributed by atoms with van der Waals surface area (Å²) in [5, 5.41) is 0.506. The van der Waals surface area contributed by atoms with E-state index in [2.05, 4.69) is 0 Å². The molecule has 2 aromatic rings. The van der Waals surface area contributed by atoms with Crippen LogP contribution in [0.2, 0.25) is 0 Å². The summed E-state index contributed by atoms with van der Waals surface area (Å²) in [6.07, 6.45) is -1.26. The smallest absolute Gasteiger partial charge is 0.465 e. The van der Waals surface area contributed by atoms with Crippen LogP contribution in [0.15, 0.2) is 24.3 Å². The summed E-state index contributed by atoms with van der Waals surface area (Å²) < 4.78 is 76.3. The molecule has 0 N–H and O–H groups in total. The number of sulfonamides is 1. The number of hydrogen-bond acceptors (Lipinski definition) is 6. The molecule has 0 aliphatic carbocycles. The zero-order valence-electron chi connectivity index (χ0n) is 17.9. The molecule has 1 atom stereocenters. The highest BCUT2D eigenvalue weighted by Crippen LogP contribution is 2.38. The molecule has 1 aliphatic rings. The van der Waals surface area contributed by atoms with Gasteiger partial charge >= 0.3 is 27.6 Å². The van der Waals surface area contributed by atoms with Crippen molar-refractivity contribution in [3.05, 3.63) is 35.5 Å². The van der Waals surface area contributed by atoms with Crippen LogP contribution in [0.1, 0.15) is 39.0 Å². The maximum atomic E-state index is 13.4. The molecule has 1 aromatic heterocycles. The molecule has 0 fully saturated rings. The highest BCUT2D eigenvalue weighted by Gasteiger charge is 2.55. The van der Waals surface area contributed by atoms with E-state index in [9.17, 15) is 31.2 Å². The van der Waals surface area contributed by atoms with E-state index in [4.69, 9.17) is 9.47 Å². The highest BCUT2D eigenvalue weighted by molar-refractivity contribution is 7.90. The molecule has 0 radical (unpaired) electrons. The van der Waals surface area contributed by atoms with Gasteiger partial charge in [0.1, 0.15) is 11.6 Å². The predicted octanol–water partition coefficient (Wildman–Crippen LogP) is 3.56. The molecule has 1 aromatic carbocycles. The third-order valence-electron chi connectivity index (χ3n) is 4.88. The lowest BCUT2D eigenvalue weighted by Gasteiger charge is -2.34. The van der Waals surface area contributed by atoms with Crippen LogP contribution < -0.4 is 0 Å². The molecule has 1 aliphatic heterocycles. The van der Waals surface area contributed by atoms with Gasteiger partial charge in [-0.3, -0.25) is 4.79 Å². The Balaban J connectivity index is 2.24. The van der Waals surface area contributed by atoms with Gasteiger partial charge in [-0.2, -0.15) is 17.5 Å². The Bertz CT molecular complexity index is 1160. The fraction of sp³-hybridized carbons (Fsp3) is 0.500. The average Bonchev–Trinajstić information content (AvgIpc) is 2.98. The molecule has 0 amide bonds. The average molecular weight is 476 g/mol. The molecule has 12 heteroatoms. The van der Waals surface area contributed by atoms with Gasteiger partial charge in [-0.25, -0.2) is 17.8 Å². The second kappa shape index (κ2) is 8.07. The van der Waals surface area contributed by atoms with Crippen LogP contribution in [-0.2, 0) is 37.3 Å². The van der Waals surface area contributed by atoms with Crippen LogP contribution in [0, 0.1) is 0 Å². The van der Waals surface area contributed by atoms with Crippen molar-refractivity contribution < 1.29 is 40.7 Å². The van der Waals surface area contributed by atoms with Crippen molar-refractivity contribution in [1.82, 2.24) is 8.87 Å². The number of esters is 1. The minimum atomic E-state index is -5.90. The fourth-order valence-corrected chi connectivity index (χ4v) is 4.70. The normalized spacial score (nSPS) is 17.8. The summed E-state index contributed by atoms with van der Waals surface area (Å²) in [5.74, 6) is -1.10. The third kappa shape index (κ3) is 4.20. The Morgan fingerprint density at radius 2 is 1.78 bits per heavy atom. The molecule has 0 bridgehead atoms. The molecule has 0 saturated carbocycles. The van der Waals surface area contributed by atoms with E-state index in [0.29, 0.717) is 16.5 Å². The lowest BCUT2D eigenvalue weighted by atomic mass is 9.98. The maximum absolute atomic E-state index is 13.4. The second-order valence-electron chi connectivity index (χ2n) is 8.23. The van der Waals surface area contributed by atoms with Crippen LogP contribution in [0.3, 0.4) is 0 Å². The number of ether oxygens (including phenoxy) is 2. The van der Waals surface area contributed by atoms with Crippen molar-refractivity contribution in [3.63, 3.8) is 0 Å². The van der Waals surface area contributed by atoms with E-state index in [0.717, 1.165) is 4.57 Å². The zero-order valence-corrected chi connectivity index (χ0v) is 18.7. The van der Waals surface area contributed by atoms with Crippen LogP contribution >= 0.6 is 0 Å². The van der Waals surface area contributed by atoms with Crippen LogP contribution in [0.4, 0.5) is 18.0 Å². The largest absolute Gasteiger partial charge is 0.511 e. The number of hydrogen-bond donors (Lipinski definition) is 0. The summed E-state index contributed by atoms with van der Waals surface area (Å²) in [6, 6.07) is 4.78. The number of fused-ring (bicyclic) bond motifs is 3. The van der Waals surface area contributed by atoms with Crippen molar-refractivity contribution >= 4 is 33.0 Å². The number of benzene rings is 1.